The number of carbonyl (C=O) groups is 1. The number of hydrogen-bond donors (Lipinski definition) is 0. The first-order valence-corrected chi connectivity index (χ1v) is 13.2. The summed E-state index contributed by atoms with van der Waals surface area (Å²) >= 11 is 0. The van der Waals surface area contributed by atoms with Crippen LogP contribution in [-0.4, -0.2) is 23.8 Å². The molecule has 0 N–H and O–H groups in total. The van der Waals surface area contributed by atoms with Crippen molar-refractivity contribution in [2.45, 2.75) is 59.3 Å². The Morgan fingerprint density at radius 3 is 2.43 bits per heavy atom. The van der Waals surface area contributed by atoms with Crippen LogP contribution in [0.1, 0.15) is 43.1 Å². The average molecular weight is 396 g/mol. The number of nitriles is 1. The summed E-state index contributed by atoms with van der Waals surface area (Å²) < 4.78 is 7.42. The van der Waals surface area contributed by atoms with E-state index in [0.29, 0.717) is 18.7 Å². The Bertz CT molecular complexity index is 899. The third-order valence-corrected chi connectivity index (χ3v) is 6.80. The summed E-state index contributed by atoms with van der Waals surface area (Å²) in [4.78, 5) is 12.9. The zero-order valence-corrected chi connectivity index (χ0v) is 18.6. The van der Waals surface area contributed by atoms with Gasteiger partial charge >= 0.3 is 5.97 Å². The molecular formula is C22H29N3O2Si. The normalized spacial score (nSPS) is 13.1. The van der Waals surface area contributed by atoms with Crippen molar-refractivity contribution >= 4 is 25.0 Å². The molecule has 0 saturated heterocycles. The Kier molecular flexibility index (Phi) is 6.98. The number of nitrogens with zero attached hydrogens (tertiary/aromatic N) is 3. The molecule has 148 valence electrons. The number of hydrogen-bond acceptors (Lipinski definition) is 4. The lowest BCUT2D eigenvalue weighted by Crippen LogP contribution is -2.37. The van der Waals surface area contributed by atoms with Crippen molar-refractivity contribution in [2.75, 3.05) is 0 Å². The van der Waals surface area contributed by atoms with Crippen molar-refractivity contribution in [3.63, 3.8) is 0 Å². The first-order valence-electron chi connectivity index (χ1n) is 9.68. The van der Waals surface area contributed by atoms with Crippen LogP contribution in [0.4, 0.5) is 0 Å². The molecule has 0 fully saturated rings. The van der Waals surface area contributed by atoms with Gasteiger partial charge in [-0.3, -0.25) is 9.48 Å². The van der Waals surface area contributed by atoms with Crippen molar-refractivity contribution in [1.29, 1.82) is 5.26 Å². The highest BCUT2D eigenvalue weighted by atomic mass is 28.3. The van der Waals surface area contributed by atoms with Gasteiger partial charge in [0.05, 0.1) is 31.8 Å². The highest BCUT2D eigenvalue weighted by Gasteiger charge is 2.24. The second kappa shape index (κ2) is 9.02. The van der Waals surface area contributed by atoms with E-state index in [0.717, 1.165) is 11.3 Å². The van der Waals surface area contributed by atoms with Crippen LogP contribution in [-0.2, 0) is 16.1 Å². The Hall–Kier alpha value is -2.65. The number of aromatic nitrogens is 2. The van der Waals surface area contributed by atoms with E-state index in [4.69, 9.17) is 10.00 Å². The van der Waals surface area contributed by atoms with Gasteiger partial charge in [-0.05, 0) is 31.9 Å². The number of allylic oxidation sites excluding steroid dienone is 1. The largest absolute Gasteiger partial charge is 0.423 e. The van der Waals surface area contributed by atoms with Gasteiger partial charge in [0.1, 0.15) is 5.69 Å². The van der Waals surface area contributed by atoms with E-state index in [1.165, 1.54) is 11.3 Å². The molecule has 2 aromatic rings. The first kappa shape index (κ1) is 21.6. The summed E-state index contributed by atoms with van der Waals surface area (Å²) in [6.45, 7) is 13.3. The molecule has 2 rings (SSSR count). The second-order valence-corrected chi connectivity index (χ2v) is 13.0. The molecule has 0 bridgehead atoms. The first-order chi connectivity index (χ1) is 13.2. The molecule has 0 aliphatic rings. The molecule has 0 amide bonds. The van der Waals surface area contributed by atoms with E-state index >= 15 is 0 Å². The van der Waals surface area contributed by atoms with Crippen LogP contribution in [0.3, 0.4) is 0 Å². The number of carbonyl (C=O) groups excluding carboxylic acids is 1. The van der Waals surface area contributed by atoms with Crippen LogP contribution in [0.25, 0.3) is 5.76 Å². The maximum absolute atomic E-state index is 12.9. The molecule has 1 atom stereocenters. The lowest BCUT2D eigenvalue weighted by molar-refractivity contribution is -0.138. The molecule has 0 spiro atoms. The van der Waals surface area contributed by atoms with Crippen LogP contribution >= 0.6 is 0 Å². The third kappa shape index (κ3) is 4.99. The lowest BCUT2D eigenvalue weighted by Gasteiger charge is -2.19. The molecule has 0 saturated carbocycles. The molecule has 1 unspecified atom stereocenters. The standard InChI is InChI=1S/C22H29N3O2Si/c1-7-19(17-9-11-18(12-10-17)28(4,5)6)22(26)27-21(13-14-23)20-15-16(3)24-25(20)8-2/h9-13,15,19H,7-8H2,1-6H3/b21-13+. The number of benzene rings is 1. The molecule has 1 heterocycles. The van der Waals surface area contributed by atoms with E-state index < -0.39 is 8.07 Å². The number of esters is 1. The second-order valence-electron chi connectivity index (χ2n) is 7.88. The predicted octanol–water partition coefficient (Wildman–Crippen LogP) is 4.36. The van der Waals surface area contributed by atoms with Crippen molar-refractivity contribution in [3.8, 4) is 6.07 Å². The van der Waals surface area contributed by atoms with Crippen molar-refractivity contribution in [1.82, 2.24) is 9.78 Å². The van der Waals surface area contributed by atoms with Gasteiger partial charge in [0, 0.05) is 6.54 Å². The van der Waals surface area contributed by atoms with Gasteiger partial charge in [0.15, 0.2) is 5.76 Å². The molecule has 6 heteroatoms. The quantitative estimate of drug-likeness (QED) is 0.302. The Labute approximate surface area is 168 Å². The monoisotopic (exact) mass is 395 g/mol. The van der Waals surface area contributed by atoms with Gasteiger partial charge in [-0.15, -0.1) is 0 Å². The fourth-order valence-corrected chi connectivity index (χ4v) is 4.30. The summed E-state index contributed by atoms with van der Waals surface area (Å²) in [6, 6.07) is 12.1. The maximum atomic E-state index is 12.9. The van der Waals surface area contributed by atoms with Crippen molar-refractivity contribution in [2.24, 2.45) is 0 Å². The fourth-order valence-electron chi connectivity index (χ4n) is 3.13. The van der Waals surface area contributed by atoms with E-state index in [9.17, 15) is 4.79 Å². The third-order valence-electron chi connectivity index (χ3n) is 4.73. The molecule has 28 heavy (non-hydrogen) atoms. The number of ether oxygens (including phenoxy) is 1. The summed E-state index contributed by atoms with van der Waals surface area (Å²) in [5, 5.41) is 14.9. The van der Waals surface area contributed by atoms with Crippen molar-refractivity contribution in [3.05, 3.63) is 53.4 Å². The summed E-state index contributed by atoms with van der Waals surface area (Å²) in [6.07, 6.45) is 1.89. The maximum Gasteiger partial charge on any atom is 0.318 e. The van der Waals surface area contributed by atoms with Gasteiger partial charge in [0.2, 0.25) is 0 Å². The van der Waals surface area contributed by atoms with Crippen LogP contribution < -0.4 is 5.19 Å². The van der Waals surface area contributed by atoms with E-state index in [2.05, 4.69) is 36.9 Å². The zero-order chi connectivity index (χ0) is 20.9. The number of aryl methyl sites for hydroxylation is 2. The van der Waals surface area contributed by atoms with Gasteiger partial charge in [0.25, 0.3) is 0 Å². The summed E-state index contributed by atoms with van der Waals surface area (Å²) in [5.74, 6) is -0.491. The van der Waals surface area contributed by atoms with Gasteiger partial charge < -0.3 is 4.74 Å². The van der Waals surface area contributed by atoms with E-state index in [1.54, 1.807) is 4.68 Å². The molecule has 1 aromatic heterocycles. The molecular weight excluding hydrogens is 366 g/mol. The molecule has 0 radical (unpaired) electrons. The highest BCUT2D eigenvalue weighted by Crippen LogP contribution is 2.25. The predicted molar refractivity (Wildman–Crippen MR) is 115 cm³/mol. The molecule has 0 aliphatic carbocycles. The minimum atomic E-state index is -1.39. The van der Waals surface area contributed by atoms with E-state index in [1.807, 2.05) is 45.0 Å². The highest BCUT2D eigenvalue weighted by molar-refractivity contribution is 6.88. The van der Waals surface area contributed by atoms with Crippen molar-refractivity contribution < 1.29 is 9.53 Å². The van der Waals surface area contributed by atoms with E-state index in [-0.39, 0.29) is 17.6 Å². The SMILES string of the molecule is CCC(C(=O)O/C(=C/C#N)c1cc(C)nn1CC)c1ccc([Si](C)(C)C)cc1. The minimum Gasteiger partial charge on any atom is -0.423 e. The van der Waals surface area contributed by atoms with Crippen LogP contribution in [0.15, 0.2) is 36.4 Å². The molecule has 1 aromatic carbocycles. The van der Waals surface area contributed by atoms with Crippen LogP contribution in [0, 0.1) is 18.3 Å². The van der Waals surface area contributed by atoms with Gasteiger partial charge in [-0.2, -0.15) is 10.4 Å². The Morgan fingerprint density at radius 2 is 1.93 bits per heavy atom. The summed E-state index contributed by atoms with van der Waals surface area (Å²) in [7, 11) is -1.39. The lowest BCUT2D eigenvalue weighted by atomic mass is 9.97. The molecule has 0 aliphatic heterocycles. The van der Waals surface area contributed by atoms with Crippen LogP contribution in [0.5, 0.6) is 0 Å². The van der Waals surface area contributed by atoms with Gasteiger partial charge in [-0.1, -0.05) is 56.0 Å². The topological polar surface area (TPSA) is 67.9 Å². The smallest absolute Gasteiger partial charge is 0.318 e. The zero-order valence-electron chi connectivity index (χ0n) is 17.6. The minimum absolute atomic E-state index is 0.243. The Balaban J connectivity index is 2.28. The summed E-state index contributed by atoms with van der Waals surface area (Å²) in [5.41, 5.74) is 2.38. The fraction of sp³-hybridized carbons (Fsp3) is 0.409. The number of rotatable bonds is 7. The molecule has 5 nitrogen and oxygen atoms in total. The Morgan fingerprint density at radius 1 is 1.29 bits per heavy atom. The van der Waals surface area contributed by atoms with Gasteiger partial charge in [-0.25, -0.2) is 0 Å². The van der Waals surface area contributed by atoms with Crippen LogP contribution in [0.2, 0.25) is 19.6 Å². The average Bonchev–Trinajstić information content (AvgIpc) is 3.02.